The zero-order valence-electron chi connectivity index (χ0n) is 10.6. The Morgan fingerprint density at radius 1 is 1.44 bits per heavy atom. The molecule has 0 saturated heterocycles. The molecule has 0 radical (unpaired) electrons. The summed E-state index contributed by atoms with van der Waals surface area (Å²) in [5.74, 6) is 0.647. The van der Waals surface area contributed by atoms with E-state index in [1.54, 1.807) is 0 Å². The lowest BCUT2D eigenvalue weighted by Gasteiger charge is -2.14. The third-order valence-electron chi connectivity index (χ3n) is 2.84. The summed E-state index contributed by atoms with van der Waals surface area (Å²) >= 11 is 0. The number of aromatic amines is 1. The number of fused-ring (bicyclic) bond motifs is 1. The van der Waals surface area contributed by atoms with E-state index in [-0.39, 0.29) is 5.97 Å². The van der Waals surface area contributed by atoms with Crippen molar-refractivity contribution in [2.45, 2.75) is 12.8 Å². The number of aromatic nitrogens is 2. The summed E-state index contributed by atoms with van der Waals surface area (Å²) < 4.78 is 4.60. The number of hydrogen-bond acceptors (Lipinski definition) is 4. The molecule has 2 rings (SSSR count). The van der Waals surface area contributed by atoms with Crippen LogP contribution in [0.25, 0.3) is 11.0 Å². The second-order valence-corrected chi connectivity index (χ2v) is 4.18. The van der Waals surface area contributed by atoms with Gasteiger partial charge in [0.05, 0.1) is 18.1 Å². The maximum Gasteiger partial charge on any atom is 0.305 e. The van der Waals surface area contributed by atoms with E-state index >= 15 is 0 Å². The zero-order chi connectivity index (χ0) is 13.0. The Labute approximate surface area is 106 Å². The molecule has 0 unspecified atom stereocenters. The van der Waals surface area contributed by atoms with Crippen LogP contribution in [0.5, 0.6) is 0 Å². The second-order valence-electron chi connectivity index (χ2n) is 4.18. The van der Waals surface area contributed by atoms with Crippen molar-refractivity contribution in [3.63, 3.8) is 0 Å². The molecule has 0 amide bonds. The molecule has 1 aromatic carbocycles. The van der Waals surface area contributed by atoms with E-state index in [1.165, 1.54) is 7.11 Å². The van der Waals surface area contributed by atoms with Gasteiger partial charge in [-0.3, -0.25) is 4.79 Å². The lowest BCUT2D eigenvalue weighted by Crippen LogP contribution is -2.20. The Hall–Kier alpha value is -2.04. The molecule has 0 saturated carbocycles. The number of hydrogen-bond donors (Lipinski definition) is 1. The minimum atomic E-state index is -0.173. The van der Waals surface area contributed by atoms with Crippen molar-refractivity contribution in [3.8, 4) is 0 Å². The number of esters is 1. The first-order chi connectivity index (χ1) is 8.70. The van der Waals surface area contributed by atoms with Crippen LogP contribution in [0.15, 0.2) is 24.3 Å². The quantitative estimate of drug-likeness (QED) is 0.820. The first kappa shape index (κ1) is 12.4. The highest BCUT2D eigenvalue weighted by Gasteiger charge is 2.08. The van der Waals surface area contributed by atoms with Gasteiger partial charge in [0, 0.05) is 20.0 Å². The smallest absolute Gasteiger partial charge is 0.305 e. The lowest BCUT2D eigenvalue weighted by atomic mass is 10.3. The molecular formula is C13H17N3O2. The average Bonchev–Trinajstić information content (AvgIpc) is 2.82. The number of para-hydroxylation sites is 2. The Bertz CT molecular complexity index is 503. The fourth-order valence-electron chi connectivity index (χ4n) is 1.79. The van der Waals surface area contributed by atoms with E-state index in [4.69, 9.17) is 0 Å². The summed E-state index contributed by atoms with van der Waals surface area (Å²) in [6.07, 6.45) is 1.18. The normalized spacial score (nSPS) is 10.6. The van der Waals surface area contributed by atoms with Crippen molar-refractivity contribution in [2.75, 3.05) is 25.6 Å². The highest BCUT2D eigenvalue weighted by atomic mass is 16.5. The minimum Gasteiger partial charge on any atom is -0.469 e. The van der Waals surface area contributed by atoms with Gasteiger partial charge in [-0.1, -0.05) is 12.1 Å². The summed E-state index contributed by atoms with van der Waals surface area (Å²) in [5, 5.41) is 0. The van der Waals surface area contributed by atoms with Gasteiger partial charge in [-0.2, -0.15) is 0 Å². The Morgan fingerprint density at radius 3 is 2.94 bits per heavy atom. The number of carbonyl (C=O) groups is 1. The molecule has 0 bridgehead atoms. The van der Waals surface area contributed by atoms with Crippen molar-refractivity contribution < 1.29 is 9.53 Å². The third kappa shape index (κ3) is 2.80. The second kappa shape index (κ2) is 5.53. The number of methoxy groups -OCH3 is 1. The van der Waals surface area contributed by atoms with Crippen LogP contribution in [0.4, 0.5) is 5.95 Å². The number of rotatable bonds is 5. The minimum absolute atomic E-state index is 0.173. The molecule has 1 N–H and O–H groups in total. The molecule has 1 heterocycles. The van der Waals surface area contributed by atoms with Crippen molar-refractivity contribution >= 4 is 23.0 Å². The first-order valence-corrected chi connectivity index (χ1v) is 5.93. The first-order valence-electron chi connectivity index (χ1n) is 5.93. The molecule has 0 fully saturated rings. The topological polar surface area (TPSA) is 58.2 Å². The largest absolute Gasteiger partial charge is 0.469 e. The maximum atomic E-state index is 11.0. The maximum absolute atomic E-state index is 11.0. The monoisotopic (exact) mass is 247 g/mol. The molecule has 0 aliphatic rings. The van der Waals surface area contributed by atoms with E-state index in [9.17, 15) is 4.79 Å². The van der Waals surface area contributed by atoms with Gasteiger partial charge >= 0.3 is 5.97 Å². The van der Waals surface area contributed by atoms with E-state index in [1.807, 2.05) is 36.2 Å². The van der Waals surface area contributed by atoms with E-state index in [0.29, 0.717) is 6.42 Å². The number of H-pyrrole nitrogens is 1. The summed E-state index contributed by atoms with van der Waals surface area (Å²) in [5.41, 5.74) is 1.97. The molecule has 5 heteroatoms. The highest BCUT2D eigenvalue weighted by molar-refractivity contribution is 5.77. The summed E-state index contributed by atoms with van der Waals surface area (Å²) in [6.45, 7) is 0.759. The molecular weight excluding hydrogens is 230 g/mol. The van der Waals surface area contributed by atoms with Crippen LogP contribution in [0, 0.1) is 0 Å². The molecule has 0 aliphatic heterocycles. The van der Waals surface area contributed by atoms with E-state index < -0.39 is 0 Å². The number of benzene rings is 1. The molecule has 18 heavy (non-hydrogen) atoms. The lowest BCUT2D eigenvalue weighted by molar-refractivity contribution is -0.140. The fraction of sp³-hybridized carbons (Fsp3) is 0.385. The van der Waals surface area contributed by atoms with Crippen molar-refractivity contribution in [2.24, 2.45) is 0 Å². The Morgan fingerprint density at radius 2 is 2.22 bits per heavy atom. The van der Waals surface area contributed by atoms with Gasteiger partial charge < -0.3 is 14.6 Å². The van der Waals surface area contributed by atoms with Crippen LogP contribution < -0.4 is 4.90 Å². The van der Waals surface area contributed by atoms with Gasteiger partial charge in [-0.05, 0) is 18.6 Å². The van der Waals surface area contributed by atoms with E-state index in [2.05, 4.69) is 14.7 Å². The summed E-state index contributed by atoms with van der Waals surface area (Å²) in [4.78, 5) is 20.7. The van der Waals surface area contributed by atoms with Crippen molar-refractivity contribution in [3.05, 3.63) is 24.3 Å². The van der Waals surface area contributed by atoms with Gasteiger partial charge in [0.2, 0.25) is 5.95 Å². The number of nitrogens with one attached hydrogen (secondary N) is 1. The van der Waals surface area contributed by atoms with Gasteiger partial charge in [0.15, 0.2) is 0 Å². The average molecular weight is 247 g/mol. The summed E-state index contributed by atoms with van der Waals surface area (Å²) in [7, 11) is 3.36. The van der Waals surface area contributed by atoms with Gasteiger partial charge in [0.25, 0.3) is 0 Å². The molecule has 2 aromatic rings. The van der Waals surface area contributed by atoms with Gasteiger partial charge in [-0.25, -0.2) is 4.98 Å². The number of imidazole rings is 1. The number of carbonyl (C=O) groups excluding carboxylic acids is 1. The Balaban J connectivity index is 1.96. The van der Waals surface area contributed by atoms with Crippen molar-refractivity contribution in [1.82, 2.24) is 9.97 Å². The fourth-order valence-corrected chi connectivity index (χ4v) is 1.79. The standard InChI is InChI=1S/C13H17N3O2/c1-16(9-5-8-12(17)18-2)13-14-10-6-3-4-7-11(10)15-13/h3-4,6-7H,5,8-9H2,1-2H3,(H,14,15). The molecule has 0 atom stereocenters. The third-order valence-corrected chi connectivity index (χ3v) is 2.84. The number of nitrogens with zero attached hydrogens (tertiary/aromatic N) is 2. The van der Waals surface area contributed by atoms with Crippen LogP contribution in [-0.4, -0.2) is 36.6 Å². The number of ether oxygens (including phenoxy) is 1. The zero-order valence-corrected chi connectivity index (χ0v) is 10.6. The van der Waals surface area contributed by atoms with Crippen LogP contribution in [0.1, 0.15) is 12.8 Å². The molecule has 0 spiro atoms. The van der Waals surface area contributed by atoms with E-state index in [0.717, 1.165) is 29.9 Å². The molecule has 0 aliphatic carbocycles. The highest BCUT2D eigenvalue weighted by Crippen LogP contribution is 2.16. The van der Waals surface area contributed by atoms with Gasteiger partial charge in [-0.15, -0.1) is 0 Å². The number of anilines is 1. The van der Waals surface area contributed by atoms with Crippen LogP contribution >= 0.6 is 0 Å². The SMILES string of the molecule is COC(=O)CCCN(C)c1nc2ccccc2[nH]1. The predicted octanol–water partition coefficient (Wildman–Crippen LogP) is 1.95. The van der Waals surface area contributed by atoms with Crippen LogP contribution in [0.3, 0.4) is 0 Å². The van der Waals surface area contributed by atoms with Gasteiger partial charge in [0.1, 0.15) is 0 Å². The van der Waals surface area contributed by atoms with Crippen molar-refractivity contribution in [1.29, 1.82) is 0 Å². The van der Waals surface area contributed by atoms with Crippen LogP contribution in [0.2, 0.25) is 0 Å². The predicted molar refractivity (Wildman–Crippen MR) is 70.6 cm³/mol. The molecule has 1 aromatic heterocycles. The Kier molecular flexibility index (Phi) is 3.82. The molecule has 5 nitrogen and oxygen atoms in total. The summed E-state index contributed by atoms with van der Waals surface area (Å²) in [6, 6.07) is 7.90. The van der Waals surface area contributed by atoms with Crippen LogP contribution in [-0.2, 0) is 9.53 Å². The molecule has 96 valence electrons.